The minimum atomic E-state index is -0.193. The SMILES string of the molecule is C#CCN(C)C(=O)c1csnn1. The van der Waals surface area contributed by atoms with Gasteiger partial charge < -0.3 is 4.90 Å². The van der Waals surface area contributed by atoms with E-state index in [2.05, 4.69) is 15.5 Å². The van der Waals surface area contributed by atoms with Gasteiger partial charge in [0.05, 0.1) is 6.54 Å². The van der Waals surface area contributed by atoms with Gasteiger partial charge in [-0.05, 0) is 11.5 Å². The lowest BCUT2D eigenvalue weighted by molar-refractivity contribution is 0.0807. The number of amides is 1. The van der Waals surface area contributed by atoms with Crippen molar-refractivity contribution in [1.29, 1.82) is 0 Å². The van der Waals surface area contributed by atoms with Crippen molar-refractivity contribution in [2.24, 2.45) is 0 Å². The highest BCUT2D eigenvalue weighted by molar-refractivity contribution is 7.03. The molecule has 62 valence electrons. The van der Waals surface area contributed by atoms with Crippen LogP contribution in [0.2, 0.25) is 0 Å². The van der Waals surface area contributed by atoms with E-state index in [0.29, 0.717) is 5.69 Å². The maximum atomic E-state index is 11.3. The third-order valence-electron chi connectivity index (χ3n) is 1.25. The van der Waals surface area contributed by atoms with E-state index in [1.807, 2.05) is 0 Å². The Morgan fingerprint density at radius 1 is 1.92 bits per heavy atom. The number of rotatable bonds is 2. The molecule has 4 nitrogen and oxygen atoms in total. The molecule has 0 N–H and O–H groups in total. The third-order valence-corrected chi connectivity index (χ3v) is 1.76. The largest absolute Gasteiger partial charge is 0.329 e. The molecule has 0 saturated carbocycles. The summed E-state index contributed by atoms with van der Waals surface area (Å²) in [7, 11) is 1.63. The number of hydrogen-bond donors (Lipinski definition) is 0. The Balaban J connectivity index is 2.67. The lowest BCUT2D eigenvalue weighted by Crippen LogP contribution is -2.27. The monoisotopic (exact) mass is 181 g/mol. The molecule has 0 spiro atoms. The van der Waals surface area contributed by atoms with Crippen LogP contribution in [0.15, 0.2) is 5.38 Å². The van der Waals surface area contributed by atoms with Crippen LogP contribution in [0.1, 0.15) is 10.5 Å². The smallest absolute Gasteiger partial charge is 0.275 e. The van der Waals surface area contributed by atoms with Gasteiger partial charge in [0.2, 0.25) is 0 Å². The highest BCUT2D eigenvalue weighted by atomic mass is 32.1. The Kier molecular flexibility index (Phi) is 2.77. The molecule has 1 aromatic heterocycles. The van der Waals surface area contributed by atoms with Crippen LogP contribution in [-0.2, 0) is 0 Å². The second-order valence-corrected chi connectivity index (χ2v) is 2.77. The Morgan fingerprint density at radius 3 is 3.17 bits per heavy atom. The first-order valence-corrected chi connectivity index (χ1v) is 4.05. The van der Waals surface area contributed by atoms with E-state index < -0.39 is 0 Å². The number of nitrogens with zero attached hydrogens (tertiary/aromatic N) is 3. The highest BCUT2D eigenvalue weighted by Crippen LogP contribution is 2.00. The van der Waals surface area contributed by atoms with E-state index in [4.69, 9.17) is 6.42 Å². The summed E-state index contributed by atoms with van der Waals surface area (Å²) in [5.41, 5.74) is 0.345. The Morgan fingerprint density at radius 2 is 2.67 bits per heavy atom. The average molecular weight is 181 g/mol. The molecule has 0 unspecified atom stereocenters. The lowest BCUT2D eigenvalue weighted by Gasteiger charge is -2.10. The van der Waals surface area contributed by atoms with Crippen LogP contribution in [-0.4, -0.2) is 34.0 Å². The van der Waals surface area contributed by atoms with E-state index >= 15 is 0 Å². The van der Waals surface area contributed by atoms with Crippen molar-refractivity contribution >= 4 is 17.4 Å². The molecule has 1 amide bonds. The molecule has 0 aliphatic heterocycles. The first-order chi connectivity index (χ1) is 5.75. The molecule has 12 heavy (non-hydrogen) atoms. The van der Waals surface area contributed by atoms with E-state index in [0.717, 1.165) is 11.5 Å². The first-order valence-electron chi connectivity index (χ1n) is 3.21. The second-order valence-electron chi connectivity index (χ2n) is 2.16. The van der Waals surface area contributed by atoms with Crippen LogP contribution in [0.5, 0.6) is 0 Å². The molecular weight excluding hydrogens is 174 g/mol. The molecule has 0 aliphatic rings. The first kappa shape index (κ1) is 8.68. The van der Waals surface area contributed by atoms with Crippen molar-refractivity contribution in [3.63, 3.8) is 0 Å². The zero-order chi connectivity index (χ0) is 8.97. The van der Waals surface area contributed by atoms with Gasteiger partial charge in [0, 0.05) is 12.4 Å². The van der Waals surface area contributed by atoms with E-state index in [1.54, 1.807) is 12.4 Å². The standard InChI is InChI=1S/C7H7N3OS/c1-3-4-10(2)7(11)6-5-12-9-8-6/h1,5H,4H2,2H3. The van der Waals surface area contributed by atoms with Crippen LogP contribution < -0.4 is 0 Å². The number of hydrogen-bond acceptors (Lipinski definition) is 4. The fourth-order valence-electron chi connectivity index (χ4n) is 0.662. The molecule has 0 aromatic carbocycles. The molecule has 0 aliphatic carbocycles. The quantitative estimate of drug-likeness (QED) is 0.614. The fraction of sp³-hybridized carbons (Fsp3) is 0.286. The highest BCUT2D eigenvalue weighted by Gasteiger charge is 2.12. The molecule has 1 aromatic rings. The number of carbonyl (C=O) groups is 1. The van der Waals surface area contributed by atoms with Crippen LogP contribution in [0.25, 0.3) is 0 Å². The zero-order valence-electron chi connectivity index (χ0n) is 6.52. The molecule has 1 heterocycles. The van der Waals surface area contributed by atoms with Crippen molar-refractivity contribution in [3.8, 4) is 12.3 Å². The molecule has 0 atom stereocenters. The summed E-state index contributed by atoms with van der Waals surface area (Å²) in [5, 5.41) is 5.22. The van der Waals surface area contributed by atoms with E-state index in [9.17, 15) is 4.79 Å². The van der Waals surface area contributed by atoms with Gasteiger partial charge >= 0.3 is 0 Å². The van der Waals surface area contributed by atoms with Crippen LogP contribution in [0.3, 0.4) is 0 Å². The Bertz CT molecular complexity index is 301. The zero-order valence-corrected chi connectivity index (χ0v) is 7.34. The van der Waals surface area contributed by atoms with E-state index in [-0.39, 0.29) is 12.5 Å². The van der Waals surface area contributed by atoms with Crippen molar-refractivity contribution < 1.29 is 4.79 Å². The lowest BCUT2D eigenvalue weighted by atomic mass is 10.4. The van der Waals surface area contributed by atoms with Gasteiger partial charge in [-0.2, -0.15) is 0 Å². The van der Waals surface area contributed by atoms with Gasteiger partial charge in [-0.1, -0.05) is 10.4 Å². The molecule has 5 heteroatoms. The van der Waals surface area contributed by atoms with Crippen LogP contribution in [0, 0.1) is 12.3 Å². The fourth-order valence-corrected chi connectivity index (χ4v) is 1.09. The summed E-state index contributed by atoms with van der Waals surface area (Å²) in [4.78, 5) is 12.7. The van der Waals surface area contributed by atoms with Gasteiger partial charge in [-0.3, -0.25) is 4.79 Å². The third kappa shape index (κ3) is 1.80. The minimum absolute atomic E-state index is 0.193. The predicted molar refractivity (Wildman–Crippen MR) is 45.7 cm³/mol. The van der Waals surface area contributed by atoms with Crippen molar-refractivity contribution in [2.75, 3.05) is 13.6 Å². The van der Waals surface area contributed by atoms with Crippen LogP contribution >= 0.6 is 11.5 Å². The molecule has 0 fully saturated rings. The summed E-state index contributed by atoms with van der Waals surface area (Å²) in [5.74, 6) is 2.18. The summed E-state index contributed by atoms with van der Waals surface area (Å²) >= 11 is 1.14. The van der Waals surface area contributed by atoms with Crippen molar-refractivity contribution in [2.45, 2.75) is 0 Å². The molecule has 0 bridgehead atoms. The molecular formula is C7H7N3OS. The van der Waals surface area contributed by atoms with Crippen molar-refractivity contribution in [3.05, 3.63) is 11.1 Å². The van der Waals surface area contributed by atoms with Gasteiger partial charge in [-0.15, -0.1) is 11.5 Å². The maximum absolute atomic E-state index is 11.3. The predicted octanol–water partition coefficient (Wildman–Crippen LogP) is 0.243. The normalized spacial score (nSPS) is 9.00. The molecule has 0 radical (unpaired) electrons. The Hall–Kier alpha value is -1.41. The molecule has 0 saturated heterocycles. The summed E-state index contributed by atoms with van der Waals surface area (Å²) in [6.45, 7) is 0.288. The summed E-state index contributed by atoms with van der Waals surface area (Å²) in [6.07, 6.45) is 5.04. The van der Waals surface area contributed by atoms with Crippen molar-refractivity contribution in [1.82, 2.24) is 14.5 Å². The number of aromatic nitrogens is 2. The van der Waals surface area contributed by atoms with Gasteiger partial charge in [-0.25, -0.2) is 0 Å². The van der Waals surface area contributed by atoms with Gasteiger partial charge in [0.15, 0.2) is 5.69 Å². The van der Waals surface area contributed by atoms with Gasteiger partial charge in [0.1, 0.15) is 0 Å². The number of terminal acetylenes is 1. The van der Waals surface area contributed by atoms with E-state index in [1.165, 1.54) is 4.90 Å². The minimum Gasteiger partial charge on any atom is -0.329 e. The maximum Gasteiger partial charge on any atom is 0.275 e. The van der Waals surface area contributed by atoms with Gasteiger partial charge in [0.25, 0.3) is 5.91 Å². The topological polar surface area (TPSA) is 46.1 Å². The average Bonchev–Trinajstić information content (AvgIpc) is 2.55. The van der Waals surface area contributed by atoms with Crippen LogP contribution in [0.4, 0.5) is 0 Å². The summed E-state index contributed by atoms with van der Waals surface area (Å²) in [6, 6.07) is 0. The molecule has 1 rings (SSSR count). The summed E-state index contributed by atoms with van der Waals surface area (Å²) < 4.78 is 3.58. The number of carbonyl (C=O) groups excluding carboxylic acids is 1. The Labute approximate surface area is 74.4 Å². The second kappa shape index (κ2) is 3.83.